The third-order valence-corrected chi connectivity index (χ3v) is 4.05. The third-order valence-electron chi connectivity index (χ3n) is 3.74. The quantitative estimate of drug-likeness (QED) is 0.536. The summed E-state index contributed by atoms with van der Waals surface area (Å²) in [6.45, 7) is 3.29. The van der Waals surface area contributed by atoms with E-state index in [1.54, 1.807) is 6.20 Å². The highest BCUT2D eigenvalue weighted by atomic mass is 35.5. The number of nitrogens with zero attached hydrogens (tertiary/aromatic N) is 1. The zero-order valence-corrected chi connectivity index (χ0v) is 14.4. The number of ether oxygens (including phenoxy) is 2. The van der Waals surface area contributed by atoms with Gasteiger partial charge in [0.25, 0.3) is 0 Å². The van der Waals surface area contributed by atoms with Crippen molar-refractivity contribution in [3.63, 3.8) is 0 Å². The molecule has 124 valence electrons. The number of benzene rings is 2. The van der Waals surface area contributed by atoms with Crippen molar-refractivity contribution in [2.24, 2.45) is 0 Å². The summed E-state index contributed by atoms with van der Waals surface area (Å²) < 4.78 is 11.6. The van der Waals surface area contributed by atoms with E-state index in [1.165, 1.54) is 0 Å². The minimum Gasteiger partial charge on any atom is -0.492 e. The number of rotatable bonds is 7. The Bertz CT molecular complexity index is 814. The highest BCUT2D eigenvalue weighted by molar-refractivity contribution is 6.32. The highest BCUT2D eigenvalue weighted by Gasteiger charge is 2.03. The number of hydrogen-bond acceptors (Lipinski definition) is 3. The summed E-state index contributed by atoms with van der Waals surface area (Å²) in [5.41, 5.74) is 2.05. The molecule has 0 fully saturated rings. The first-order chi connectivity index (χ1) is 11.7. The second kappa shape index (κ2) is 8.02. The molecule has 0 aliphatic heterocycles. The lowest BCUT2D eigenvalue weighted by Crippen LogP contribution is -2.03. The molecule has 1 aromatic heterocycles. The lowest BCUT2D eigenvalue weighted by Gasteiger charge is -2.10. The van der Waals surface area contributed by atoms with Gasteiger partial charge >= 0.3 is 0 Å². The lowest BCUT2D eigenvalue weighted by molar-refractivity contribution is 0.268. The predicted octanol–water partition coefficient (Wildman–Crippen LogP) is 5.43. The summed E-state index contributed by atoms with van der Waals surface area (Å²) in [6, 6.07) is 15.7. The topological polar surface area (TPSA) is 31.4 Å². The largest absolute Gasteiger partial charge is 0.492 e. The Hall–Kier alpha value is -2.26. The number of fused-ring (bicyclic) bond motifs is 1. The van der Waals surface area contributed by atoms with Crippen LogP contribution in [0.5, 0.6) is 11.5 Å². The van der Waals surface area contributed by atoms with Gasteiger partial charge in [-0.25, -0.2) is 0 Å². The molecule has 2 aromatic carbocycles. The summed E-state index contributed by atoms with van der Waals surface area (Å²) in [5, 5.41) is 1.74. The van der Waals surface area contributed by atoms with Crippen LogP contribution in [-0.2, 0) is 0 Å². The Morgan fingerprint density at radius 3 is 2.50 bits per heavy atom. The van der Waals surface area contributed by atoms with E-state index in [-0.39, 0.29) is 0 Å². The summed E-state index contributed by atoms with van der Waals surface area (Å²) in [4.78, 5) is 4.39. The Labute approximate surface area is 147 Å². The van der Waals surface area contributed by atoms with Crippen molar-refractivity contribution in [2.75, 3.05) is 13.2 Å². The van der Waals surface area contributed by atoms with Crippen molar-refractivity contribution in [1.82, 2.24) is 4.98 Å². The molecule has 0 amide bonds. The van der Waals surface area contributed by atoms with Crippen LogP contribution in [-0.4, -0.2) is 18.2 Å². The number of aromatic nitrogens is 1. The molecule has 0 N–H and O–H groups in total. The van der Waals surface area contributed by atoms with E-state index < -0.39 is 0 Å². The fraction of sp³-hybridized carbons (Fsp3) is 0.250. The predicted molar refractivity (Wildman–Crippen MR) is 98.2 cm³/mol. The van der Waals surface area contributed by atoms with E-state index >= 15 is 0 Å². The number of halogens is 1. The Kier molecular flexibility index (Phi) is 5.55. The van der Waals surface area contributed by atoms with Crippen LogP contribution < -0.4 is 9.47 Å². The number of hydrogen-bond donors (Lipinski definition) is 0. The first kappa shape index (κ1) is 16.6. The summed E-state index contributed by atoms with van der Waals surface area (Å²) in [6.07, 6.45) is 3.60. The van der Waals surface area contributed by atoms with Crippen LogP contribution in [0.15, 0.2) is 54.7 Å². The van der Waals surface area contributed by atoms with Gasteiger partial charge in [0.2, 0.25) is 0 Å². The van der Waals surface area contributed by atoms with Crippen molar-refractivity contribution in [3.8, 4) is 11.5 Å². The molecular weight excluding hydrogens is 322 g/mol. The number of para-hydroxylation sites is 1. The van der Waals surface area contributed by atoms with Crippen LogP contribution in [0.1, 0.15) is 18.4 Å². The molecule has 3 nitrogen and oxygen atoms in total. The zero-order valence-electron chi connectivity index (χ0n) is 13.7. The van der Waals surface area contributed by atoms with Crippen LogP contribution in [0.3, 0.4) is 0 Å². The molecule has 0 spiro atoms. The van der Waals surface area contributed by atoms with Crippen molar-refractivity contribution >= 4 is 22.5 Å². The molecule has 4 heteroatoms. The minimum atomic E-state index is 0.625. The molecule has 0 atom stereocenters. The number of aryl methyl sites for hydroxylation is 1. The van der Waals surface area contributed by atoms with Gasteiger partial charge in [-0.1, -0.05) is 35.9 Å². The monoisotopic (exact) mass is 341 g/mol. The van der Waals surface area contributed by atoms with Crippen molar-refractivity contribution in [3.05, 3.63) is 65.3 Å². The standard InChI is InChI=1S/C20H20ClNO2/c1-15-9-10-17(21)19(14-15)24-13-3-2-12-23-18-8-4-6-16-7-5-11-22-20(16)18/h4-11,14H,2-3,12-13H2,1H3. The summed E-state index contributed by atoms with van der Waals surface area (Å²) in [7, 11) is 0. The van der Waals surface area contributed by atoms with Crippen LogP contribution in [0.25, 0.3) is 10.9 Å². The van der Waals surface area contributed by atoms with E-state index in [4.69, 9.17) is 21.1 Å². The van der Waals surface area contributed by atoms with Gasteiger partial charge in [-0.3, -0.25) is 4.98 Å². The van der Waals surface area contributed by atoms with Crippen LogP contribution in [0, 0.1) is 6.92 Å². The second-order valence-electron chi connectivity index (χ2n) is 5.67. The van der Waals surface area contributed by atoms with Gasteiger partial charge < -0.3 is 9.47 Å². The van der Waals surface area contributed by atoms with Crippen molar-refractivity contribution in [2.45, 2.75) is 19.8 Å². The number of unbranched alkanes of at least 4 members (excludes halogenated alkanes) is 1. The SMILES string of the molecule is Cc1ccc(Cl)c(OCCCCOc2cccc3cccnc23)c1. The van der Waals surface area contributed by atoms with Crippen LogP contribution in [0.4, 0.5) is 0 Å². The minimum absolute atomic E-state index is 0.625. The number of pyridine rings is 1. The molecule has 3 rings (SSSR count). The van der Waals surface area contributed by atoms with Crippen LogP contribution >= 0.6 is 11.6 Å². The van der Waals surface area contributed by atoms with Gasteiger partial charge in [0.1, 0.15) is 17.0 Å². The average molecular weight is 342 g/mol. The molecule has 24 heavy (non-hydrogen) atoms. The molecule has 0 saturated heterocycles. The molecule has 0 saturated carbocycles. The van der Waals surface area contributed by atoms with E-state index in [0.717, 1.165) is 40.8 Å². The van der Waals surface area contributed by atoms with E-state index in [9.17, 15) is 0 Å². The van der Waals surface area contributed by atoms with Gasteiger partial charge in [0.05, 0.1) is 18.2 Å². The van der Waals surface area contributed by atoms with E-state index in [0.29, 0.717) is 18.2 Å². The smallest absolute Gasteiger partial charge is 0.145 e. The molecule has 0 unspecified atom stereocenters. The summed E-state index contributed by atoms with van der Waals surface area (Å²) >= 11 is 6.12. The molecule has 0 bridgehead atoms. The maximum absolute atomic E-state index is 6.12. The first-order valence-electron chi connectivity index (χ1n) is 8.09. The van der Waals surface area contributed by atoms with Crippen LogP contribution in [0.2, 0.25) is 5.02 Å². The average Bonchev–Trinajstić information content (AvgIpc) is 2.61. The molecule has 0 aliphatic rings. The highest BCUT2D eigenvalue weighted by Crippen LogP contribution is 2.25. The summed E-state index contributed by atoms with van der Waals surface area (Å²) in [5.74, 6) is 1.58. The second-order valence-corrected chi connectivity index (χ2v) is 6.08. The Morgan fingerprint density at radius 2 is 1.67 bits per heavy atom. The van der Waals surface area contributed by atoms with Gasteiger partial charge in [-0.15, -0.1) is 0 Å². The first-order valence-corrected chi connectivity index (χ1v) is 8.47. The fourth-order valence-corrected chi connectivity index (χ4v) is 2.65. The van der Waals surface area contributed by atoms with Gasteiger partial charge in [0.15, 0.2) is 0 Å². The van der Waals surface area contributed by atoms with Gasteiger partial charge in [0, 0.05) is 11.6 Å². The molecule has 1 heterocycles. The maximum Gasteiger partial charge on any atom is 0.145 e. The van der Waals surface area contributed by atoms with E-state index in [1.807, 2.05) is 55.5 Å². The molecular formula is C20H20ClNO2. The Morgan fingerprint density at radius 1 is 0.917 bits per heavy atom. The molecule has 0 aliphatic carbocycles. The maximum atomic E-state index is 6.12. The Balaban J connectivity index is 1.45. The zero-order chi connectivity index (χ0) is 16.8. The molecule has 0 radical (unpaired) electrons. The van der Waals surface area contributed by atoms with E-state index in [2.05, 4.69) is 4.98 Å². The van der Waals surface area contributed by atoms with Gasteiger partial charge in [-0.05, 0) is 49.6 Å². The van der Waals surface area contributed by atoms with Crippen molar-refractivity contribution in [1.29, 1.82) is 0 Å². The lowest BCUT2D eigenvalue weighted by atomic mass is 10.2. The van der Waals surface area contributed by atoms with Crippen molar-refractivity contribution < 1.29 is 9.47 Å². The molecule has 3 aromatic rings. The fourth-order valence-electron chi connectivity index (χ4n) is 2.48. The third kappa shape index (κ3) is 4.18. The van der Waals surface area contributed by atoms with Gasteiger partial charge in [-0.2, -0.15) is 0 Å². The normalized spacial score (nSPS) is 10.8.